The summed E-state index contributed by atoms with van der Waals surface area (Å²) in [5.41, 5.74) is 0.427. The lowest BCUT2D eigenvalue weighted by atomic mass is 10.2. The molecule has 1 unspecified atom stereocenters. The van der Waals surface area contributed by atoms with Crippen molar-refractivity contribution in [3.05, 3.63) is 29.6 Å². The van der Waals surface area contributed by atoms with Crippen LogP contribution in [0.15, 0.2) is 18.2 Å². The lowest BCUT2D eigenvalue weighted by Crippen LogP contribution is -2.40. The molecule has 88 valence electrons. The first-order valence-electron chi connectivity index (χ1n) is 4.97. The monoisotopic (exact) mass is 226 g/mol. The van der Waals surface area contributed by atoms with E-state index in [-0.39, 0.29) is 18.2 Å². The topological polar surface area (TPSA) is 61.4 Å². The van der Waals surface area contributed by atoms with Crippen molar-refractivity contribution in [3.8, 4) is 5.75 Å². The summed E-state index contributed by atoms with van der Waals surface area (Å²) in [5.74, 6) is -0.559. The quantitative estimate of drug-likeness (QED) is 0.710. The van der Waals surface area contributed by atoms with Crippen LogP contribution in [0.4, 0.5) is 4.39 Å². The van der Waals surface area contributed by atoms with Crippen molar-refractivity contribution in [3.63, 3.8) is 0 Å². The maximum Gasteiger partial charge on any atom is 0.236 e. The van der Waals surface area contributed by atoms with E-state index in [9.17, 15) is 14.3 Å². The number of halogens is 1. The predicted octanol–water partition coefficient (Wildman–Crippen LogP) is 0.755. The van der Waals surface area contributed by atoms with Gasteiger partial charge in [-0.25, -0.2) is 4.39 Å². The minimum absolute atomic E-state index is 0.0120. The molecule has 0 fully saturated rings. The van der Waals surface area contributed by atoms with Crippen LogP contribution in [0.3, 0.4) is 0 Å². The number of benzene rings is 1. The number of hydrogen-bond donors (Lipinski definition) is 3. The van der Waals surface area contributed by atoms with Crippen molar-refractivity contribution in [2.45, 2.75) is 19.5 Å². The van der Waals surface area contributed by atoms with Gasteiger partial charge < -0.3 is 15.7 Å². The summed E-state index contributed by atoms with van der Waals surface area (Å²) in [6, 6.07) is 3.31. The van der Waals surface area contributed by atoms with Crippen molar-refractivity contribution in [2.75, 3.05) is 7.05 Å². The molecule has 0 aliphatic carbocycles. The van der Waals surface area contributed by atoms with E-state index in [0.29, 0.717) is 5.56 Å². The van der Waals surface area contributed by atoms with Crippen LogP contribution in [-0.4, -0.2) is 24.1 Å². The van der Waals surface area contributed by atoms with Crippen LogP contribution in [0.2, 0.25) is 0 Å². The van der Waals surface area contributed by atoms with E-state index in [1.165, 1.54) is 18.2 Å². The van der Waals surface area contributed by atoms with Gasteiger partial charge in [0.2, 0.25) is 5.91 Å². The molecule has 1 aromatic rings. The van der Waals surface area contributed by atoms with Gasteiger partial charge in [-0.3, -0.25) is 4.79 Å². The van der Waals surface area contributed by atoms with E-state index in [2.05, 4.69) is 10.6 Å². The number of phenols is 1. The van der Waals surface area contributed by atoms with Crippen molar-refractivity contribution < 1.29 is 14.3 Å². The number of phenolic OH excluding ortho intramolecular Hbond substituents is 1. The van der Waals surface area contributed by atoms with Crippen molar-refractivity contribution in [1.29, 1.82) is 0 Å². The second-order valence-corrected chi connectivity index (χ2v) is 3.49. The summed E-state index contributed by atoms with van der Waals surface area (Å²) in [5, 5.41) is 14.8. The third-order valence-corrected chi connectivity index (χ3v) is 2.28. The summed E-state index contributed by atoms with van der Waals surface area (Å²) in [6.45, 7) is 1.92. The number of hydrogen-bond acceptors (Lipinski definition) is 3. The van der Waals surface area contributed by atoms with Gasteiger partial charge in [-0.1, -0.05) is 0 Å². The fourth-order valence-corrected chi connectivity index (χ4v) is 1.27. The van der Waals surface area contributed by atoms with E-state index in [4.69, 9.17) is 0 Å². The van der Waals surface area contributed by atoms with Crippen LogP contribution in [0, 0.1) is 5.82 Å². The Balaban J connectivity index is 2.60. The lowest BCUT2D eigenvalue weighted by Gasteiger charge is -2.12. The third kappa shape index (κ3) is 3.20. The van der Waals surface area contributed by atoms with Gasteiger partial charge in [-0.15, -0.1) is 0 Å². The van der Waals surface area contributed by atoms with Crippen molar-refractivity contribution in [2.24, 2.45) is 0 Å². The summed E-state index contributed by atoms with van der Waals surface area (Å²) >= 11 is 0. The van der Waals surface area contributed by atoms with E-state index >= 15 is 0 Å². The van der Waals surface area contributed by atoms with Gasteiger partial charge in [0.05, 0.1) is 6.04 Å². The summed E-state index contributed by atoms with van der Waals surface area (Å²) in [4.78, 5) is 11.2. The number of carbonyl (C=O) groups excluding carboxylic acids is 1. The number of aromatic hydroxyl groups is 1. The molecule has 0 heterocycles. The van der Waals surface area contributed by atoms with Gasteiger partial charge in [0.15, 0.2) is 0 Å². The van der Waals surface area contributed by atoms with Gasteiger partial charge in [-0.05, 0) is 25.1 Å². The number of nitrogens with one attached hydrogen (secondary N) is 2. The van der Waals surface area contributed by atoms with E-state index in [1.54, 1.807) is 14.0 Å². The summed E-state index contributed by atoms with van der Waals surface area (Å²) in [7, 11) is 1.54. The minimum Gasteiger partial charge on any atom is -0.508 e. The van der Waals surface area contributed by atoms with Crippen molar-refractivity contribution in [1.82, 2.24) is 10.6 Å². The average molecular weight is 226 g/mol. The molecule has 1 aromatic carbocycles. The van der Waals surface area contributed by atoms with Crippen LogP contribution in [0.5, 0.6) is 5.75 Å². The number of rotatable bonds is 4. The number of amides is 1. The SMILES string of the molecule is CNC(=O)C(C)NCc1cc(F)ccc1O. The second kappa shape index (κ2) is 5.46. The molecule has 1 rings (SSSR count). The highest BCUT2D eigenvalue weighted by Crippen LogP contribution is 2.17. The molecule has 1 amide bonds. The van der Waals surface area contributed by atoms with E-state index < -0.39 is 11.9 Å². The summed E-state index contributed by atoms with van der Waals surface area (Å²) in [6.07, 6.45) is 0. The molecular formula is C11H15FN2O2. The minimum atomic E-state index is -0.415. The zero-order valence-electron chi connectivity index (χ0n) is 9.25. The smallest absolute Gasteiger partial charge is 0.236 e. The Bertz CT molecular complexity index is 382. The fraction of sp³-hybridized carbons (Fsp3) is 0.364. The van der Waals surface area contributed by atoms with Crippen molar-refractivity contribution >= 4 is 5.91 Å². The van der Waals surface area contributed by atoms with Crippen LogP contribution in [0.1, 0.15) is 12.5 Å². The molecule has 16 heavy (non-hydrogen) atoms. The number of carbonyl (C=O) groups is 1. The Morgan fingerprint density at radius 2 is 2.25 bits per heavy atom. The van der Waals surface area contributed by atoms with Crippen LogP contribution < -0.4 is 10.6 Å². The number of likely N-dealkylation sites (N-methyl/N-ethyl adjacent to an activating group) is 1. The van der Waals surface area contributed by atoms with Gasteiger partial charge in [0.25, 0.3) is 0 Å². The Morgan fingerprint density at radius 1 is 1.56 bits per heavy atom. The van der Waals surface area contributed by atoms with Gasteiger partial charge in [0.1, 0.15) is 11.6 Å². The third-order valence-electron chi connectivity index (χ3n) is 2.28. The first-order valence-corrected chi connectivity index (χ1v) is 4.97. The zero-order valence-corrected chi connectivity index (χ0v) is 9.25. The fourth-order valence-electron chi connectivity index (χ4n) is 1.27. The maximum absolute atomic E-state index is 12.9. The molecule has 1 atom stereocenters. The Morgan fingerprint density at radius 3 is 2.88 bits per heavy atom. The highest BCUT2D eigenvalue weighted by atomic mass is 19.1. The molecule has 4 nitrogen and oxygen atoms in total. The molecule has 3 N–H and O–H groups in total. The van der Waals surface area contributed by atoms with Crippen LogP contribution in [0.25, 0.3) is 0 Å². The molecule has 0 saturated carbocycles. The molecule has 0 saturated heterocycles. The molecule has 0 bridgehead atoms. The van der Waals surface area contributed by atoms with E-state index in [0.717, 1.165) is 0 Å². The summed E-state index contributed by atoms with van der Waals surface area (Å²) < 4.78 is 12.9. The first kappa shape index (κ1) is 12.4. The Kier molecular flexibility index (Phi) is 4.25. The second-order valence-electron chi connectivity index (χ2n) is 3.49. The molecular weight excluding hydrogens is 211 g/mol. The predicted molar refractivity (Wildman–Crippen MR) is 58.4 cm³/mol. The van der Waals surface area contributed by atoms with E-state index in [1.807, 2.05) is 0 Å². The highest BCUT2D eigenvalue weighted by Gasteiger charge is 2.11. The maximum atomic E-state index is 12.9. The molecule has 5 heteroatoms. The Labute approximate surface area is 93.5 Å². The van der Waals surface area contributed by atoms with Crippen LogP contribution in [-0.2, 0) is 11.3 Å². The molecule has 0 aromatic heterocycles. The first-order chi connectivity index (χ1) is 7.54. The molecule has 0 aliphatic rings. The largest absolute Gasteiger partial charge is 0.508 e. The van der Waals surface area contributed by atoms with Crippen LogP contribution >= 0.6 is 0 Å². The molecule has 0 radical (unpaired) electrons. The van der Waals surface area contributed by atoms with Gasteiger partial charge in [-0.2, -0.15) is 0 Å². The molecule has 0 aliphatic heterocycles. The van der Waals surface area contributed by atoms with Gasteiger partial charge >= 0.3 is 0 Å². The Hall–Kier alpha value is -1.62. The zero-order chi connectivity index (χ0) is 12.1. The highest BCUT2D eigenvalue weighted by molar-refractivity contribution is 5.80. The van der Waals surface area contributed by atoms with Gasteiger partial charge in [0, 0.05) is 19.2 Å². The standard InChI is InChI=1S/C11H15FN2O2/c1-7(11(16)13-2)14-6-8-5-9(12)3-4-10(8)15/h3-5,7,14-15H,6H2,1-2H3,(H,13,16). The molecule has 0 spiro atoms. The normalized spacial score (nSPS) is 12.2. The average Bonchev–Trinajstić information content (AvgIpc) is 2.28. The lowest BCUT2D eigenvalue weighted by molar-refractivity contribution is -0.122.